The molecule has 0 radical (unpaired) electrons. The van der Waals surface area contributed by atoms with Crippen molar-refractivity contribution in [1.29, 1.82) is 0 Å². The molecule has 0 unspecified atom stereocenters. The Morgan fingerprint density at radius 2 is 2.15 bits per heavy atom. The van der Waals surface area contributed by atoms with Gasteiger partial charge in [-0.3, -0.25) is 14.2 Å². The average molecular weight is 306 g/mol. The Morgan fingerprint density at radius 1 is 1.35 bits per heavy atom. The fraction of sp³-hybridized carbons (Fsp3) is 0.0833. The van der Waals surface area contributed by atoms with Crippen LogP contribution in [0, 0.1) is 0 Å². The predicted octanol–water partition coefficient (Wildman–Crippen LogP) is 1.48. The zero-order chi connectivity index (χ0) is 14.1. The summed E-state index contributed by atoms with van der Waals surface area (Å²) >= 11 is 2.46. The first-order valence-electron chi connectivity index (χ1n) is 5.71. The Morgan fingerprint density at radius 3 is 2.95 bits per heavy atom. The standard InChI is InChI=1S/C12H10N4O2S2/c13-9-5-10(17)15-11(14-9)19-6-16-7-3-1-2-4-8(7)20-12(16)18/h1-5H,6H2,(H3,13,14,15,17). The summed E-state index contributed by atoms with van der Waals surface area (Å²) in [5.41, 5.74) is 6.09. The molecule has 20 heavy (non-hydrogen) atoms. The molecule has 0 aliphatic rings. The van der Waals surface area contributed by atoms with Gasteiger partial charge < -0.3 is 10.7 Å². The first kappa shape index (κ1) is 12.9. The van der Waals surface area contributed by atoms with Crippen LogP contribution in [0.3, 0.4) is 0 Å². The highest BCUT2D eigenvalue weighted by Gasteiger charge is 2.08. The third-order valence-corrected chi connectivity index (χ3v) is 4.46. The molecule has 0 fully saturated rings. The average Bonchev–Trinajstić information content (AvgIpc) is 2.71. The Labute approximate surface area is 121 Å². The smallest absolute Gasteiger partial charge is 0.308 e. The number of nitrogens with two attached hydrogens (primary N) is 1. The molecule has 6 nitrogen and oxygen atoms in total. The topological polar surface area (TPSA) is 93.8 Å². The van der Waals surface area contributed by atoms with Gasteiger partial charge >= 0.3 is 4.87 Å². The SMILES string of the molecule is Nc1cc(=O)[nH]c(SCn2c(=O)sc3ccccc32)n1. The summed E-state index contributed by atoms with van der Waals surface area (Å²) in [6.07, 6.45) is 0. The van der Waals surface area contributed by atoms with Crippen molar-refractivity contribution >= 4 is 39.1 Å². The van der Waals surface area contributed by atoms with Crippen LogP contribution >= 0.6 is 23.1 Å². The van der Waals surface area contributed by atoms with Crippen LogP contribution in [0.25, 0.3) is 10.2 Å². The Balaban J connectivity index is 1.92. The number of nitrogens with one attached hydrogen (secondary N) is 1. The maximum Gasteiger partial charge on any atom is 0.308 e. The Hall–Kier alpha value is -2.06. The summed E-state index contributed by atoms with van der Waals surface area (Å²) < 4.78 is 2.58. The van der Waals surface area contributed by atoms with Gasteiger partial charge in [0.1, 0.15) is 5.82 Å². The lowest BCUT2D eigenvalue weighted by Gasteiger charge is -2.03. The minimum Gasteiger partial charge on any atom is -0.383 e. The van der Waals surface area contributed by atoms with Crippen molar-refractivity contribution in [3.63, 3.8) is 0 Å². The van der Waals surface area contributed by atoms with Crippen LogP contribution in [0.2, 0.25) is 0 Å². The molecule has 1 aromatic carbocycles. The van der Waals surface area contributed by atoms with Gasteiger partial charge in [-0.2, -0.15) is 0 Å². The predicted molar refractivity (Wildman–Crippen MR) is 81.2 cm³/mol. The number of nitrogen functional groups attached to an aromatic ring is 1. The van der Waals surface area contributed by atoms with Gasteiger partial charge in [-0.1, -0.05) is 35.2 Å². The molecule has 0 aliphatic heterocycles. The van der Waals surface area contributed by atoms with E-state index in [-0.39, 0.29) is 16.3 Å². The van der Waals surface area contributed by atoms with Crippen molar-refractivity contribution in [2.45, 2.75) is 11.0 Å². The van der Waals surface area contributed by atoms with Crippen molar-refractivity contribution in [3.8, 4) is 0 Å². The summed E-state index contributed by atoms with van der Waals surface area (Å²) in [5.74, 6) is 0.536. The van der Waals surface area contributed by atoms with Gasteiger partial charge in [-0.05, 0) is 12.1 Å². The number of aromatic amines is 1. The Bertz CT molecular complexity index is 881. The van der Waals surface area contributed by atoms with Gasteiger partial charge in [-0.25, -0.2) is 4.98 Å². The zero-order valence-corrected chi connectivity index (χ0v) is 11.8. The maximum absolute atomic E-state index is 11.9. The molecular weight excluding hydrogens is 296 g/mol. The van der Waals surface area contributed by atoms with Gasteiger partial charge in [0.2, 0.25) is 0 Å². The summed E-state index contributed by atoms with van der Waals surface area (Å²) in [7, 11) is 0. The molecule has 102 valence electrons. The summed E-state index contributed by atoms with van der Waals surface area (Å²) in [6, 6.07) is 8.80. The number of rotatable bonds is 3. The first-order chi connectivity index (χ1) is 9.63. The second-order valence-electron chi connectivity index (χ2n) is 4.01. The second-order valence-corrected chi connectivity index (χ2v) is 5.94. The number of hydrogen-bond acceptors (Lipinski definition) is 6. The lowest BCUT2D eigenvalue weighted by molar-refractivity contribution is 0.888. The van der Waals surface area contributed by atoms with Gasteiger partial charge in [0, 0.05) is 6.07 Å². The molecule has 0 saturated heterocycles. The second kappa shape index (κ2) is 5.14. The third kappa shape index (κ3) is 2.47. The number of anilines is 1. The van der Waals surface area contributed by atoms with Gasteiger partial charge in [0.25, 0.3) is 5.56 Å². The molecule has 2 heterocycles. The first-order valence-corrected chi connectivity index (χ1v) is 7.52. The highest BCUT2D eigenvalue weighted by molar-refractivity contribution is 7.98. The van der Waals surface area contributed by atoms with Crippen LogP contribution in [0.1, 0.15) is 0 Å². The van der Waals surface area contributed by atoms with E-state index in [0.717, 1.165) is 10.2 Å². The summed E-state index contributed by atoms with van der Waals surface area (Å²) in [6.45, 7) is 0. The summed E-state index contributed by atoms with van der Waals surface area (Å²) in [4.78, 5) is 29.8. The monoisotopic (exact) mass is 306 g/mol. The largest absolute Gasteiger partial charge is 0.383 e. The summed E-state index contributed by atoms with van der Waals surface area (Å²) in [5, 5.41) is 0.400. The van der Waals surface area contributed by atoms with E-state index in [4.69, 9.17) is 5.73 Å². The van der Waals surface area contributed by atoms with Crippen LogP contribution in [0.15, 0.2) is 45.1 Å². The number of para-hydroxylation sites is 1. The molecule has 3 N–H and O–H groups in total. The number of fused-ring (bicyclic) bond motifs is 1. The molecule has 0 saturated carbocycles. The molecule has 3 rings (SSSR count). The number of aromatic nitrogens is 3. The van der Waals surface area contributed by atoms with E-state index < -0.39 is 0 Å². The molecule has 0 bridgehead atoms. The molecule has 0 spiro atoms. The van der Waals surface area contributed by atoms with Gasteiger partial charge in [-0.15, -0.1) is 0 Å². The van der Waals surface area contributed by atoms with E-state index in [9.17, 15) is 9.59 Å². The van der Waals surface area contributed by atoms with Crippen LogP contribution in [0.4, 0.5) is 5.82 Å². The van der Waals surface area contributed by atoms with E-state index in [1.165, 1.54) is 29.2 Å². The fourth-order valence-corrected chi connectivity index (χ4v) is 3.61. The van der Waals surface area contributed by atoms with Crippen LogP contribution in [-0.2, 0) is 5.88 Å². The van der Waals surface area contributed by atoms with Crippen LogP contribution < -0.4 is 16.2 Å². The van der Waals surface area contributed by atoms with E-state index in [2.05, 4.69) is 9.97 Å². The van der Waals surface area contributed by atoms with Crippen LogP contribution in [0.5, 0.6) is 0 Å². The highest BCUT2D eigenvalue weighted by Crippen LogP contribution is 2.21. The van der Waals surface area contributed by atoms with E-state index in [1.807, 2.05) is 24.3 Å². The minimum absolute atomic E-state index is 0.0371. The highest BCUT2D eigenvalue weighted by atomic mass is 32.2. The van der Waals surface area contributed by atoms with E-state index in [1.54, 1.807) is 4.57 Å². The zero-order valence-electron chi connectivity index (χ0n) is 10.2. The molecule has 8 heteroatoms. The molecule has 3 aromatic rings. The number of thiazole rings is 1. The number of benzene rings is 1. The molecular formula is C12H10N4O2S2. The van der Waals surface area contributed by atoms with Crippen molar-refractivity contribution in [1.82, 2.24) is 14.5 Å². The van der Waals surface area contributed by atoms with Crippen molar-refractivity contribution in [2.24, 2.45) is 0 Å². The Kier molecular flexibility index (Phi) is 3.33. The fourth-order valence-electron chi connectivity index (χ4n) is 1.78. The molecule has 2 aromatic heterocycles. The van der Waals surface area contributed by atoms with E-state index in [0.29, 0.717) is 11.0 Å². The third-order valence-electron chi connectivity index (χ3n) is 2.64. The van der Waals surface area contributed by atoms with Crippen molar-refractivity contribution < 1.29 is 0 Å². The molecule has 0 atom stereocenters. The minimum atomic E-state index is -0.303. The number of nitrogens with zero attached hydrogens (tertiary/aromatic N) is 2. The van der Waals surface area contributed by atoms with E-state index >= 15 is 0 Å². The van der Waals surface area contributed by atoms with Crippen LogP contribution in [-0.4, -0.2) is 14.5 Å². The number of H-pyrrole nitrogens is 1. The number of thioether (sulfide) groups is 1. The molecule has 0 amide bonds. The lowest BCUT2D eigenvalue weighted by Crippen LogP contribution is -2.13. The van der Waals surface area contributed by atoms with Gasteiger partial charge in [0.05, 0.1) is 16.1 Å². The van der Waals surface area contributed by atoms with Crippen molar-refractivity contribution in [2.75, 3.05) is 5.73 Å². The normalized spacial score (nSPS) is 11.0. The quantitative estimate of drug-likeness (QED) is 0.564. The van der Waals surface area contributed by atoms with Gasteiger partial charge in [0.15, 0.2) is 5.16 Å². The van der Waals surface area contributed by atoms with Crippen molar-refractivity contribution in [3.05, 3.63) is 50.4 Å². The lowest BCUT2D eigenvalue weighted by atomic mass is 10.3. The molecule has 0 aliphatic carbocycles. The number of hydrogen-bond donors (Lipinski definition) is 2. The maximum atomic E-state index is 11.9.